The second-order valence-electron chi connectivity index (χ2n) is 5.92. The van der Waals surface area contributed by atoms with Crippen LogP contribution in [0.25, 0.3) is 0 Å². The fourth-order valence-corrected chi connectivity index (χ4v) is 3.54. The zero-order valence-electron chi connectivity index (χ0n) is 12.4. The van der Waals surface area contributed by atoms with Crippen molar-refractivity contribution in [2.45, 2.75) is 44.3 Å². The van der Waals surface area contributed by atoms with Crippen molar-refractivity contribution in [3.8, 4) is 11.5 Å². The van der Waals surface area contributed by atoms with E-state index in [-0.39, 0.29) is 0 Å². The third kappa shape index (κ3) is 2.50. The zero-order chi connectivity index (χ0) is 14.1. The molecule has 2 unspecified atom stereocenters. The average molecular weight is 276 g/mol. The van der Waals surface area contributed by atoms with Gasteiger partial charge in [-0.1, -0.05) is 0 Å². The van der Waals surface area contributed by atoms with Gasteiger partial charge in [-0.3, -0.25) is 4.90 Å². The maximum absolute atomic E-state index is 6.05. The minimum atomic E-state index is 0.395. The van der Waals surface area contributed by atoms with E-state index in [1.165, 1.54) is 24.0 Å². The monoisotopic (exact) mass is 276 g/mol. The third-order valence-electron chi connectivity index (χ3n) is 4.71. The van der Waals surface area contributed by atoms with Crippen LogP contribution in [0.2, 0.25) is 0 Å². The Bertz CT molecular complexity index is 490. The summed E-state index contributed by atoms with van der Waals surface area (Å²) in [5, 5.41) is 0. The van der Waals surface area contributed by atoms with E-state index in [9.17, 15) is 0 Å². The topological polar surface area (TPSA) is 47.7 Å². The van der Waals surface area contributed by atoms with E-state index < -0.39 is 0 Å². The van der Waals surface area contributed by atoms with Crippen LogP contribution in [0.4, 0.5) is 0 Å². The molecule has 4 heteroatoms. The van der Waals surface area contributed by atoms with Crippen molar-refractivity contribution in [1.82, 2.24) is 4.90 Å². The molecule has 1 heterocycles. The van der Waals surface area contributed by atoms with Crippen molar-refractivity contribution >= 4 is 0 Å². The van der Waals surface area contributed by atoms with Crippen molar-refractivity contribution in [1.29, 1.82) is 0 Å². The van der Waals surface area contributed by atoms with Crippen molar-refractivity contribution in [3.05, 3.63) is 23.3 Å². The number of benzene rings is 1. The molecule has 4 nitrogen and oxygen atoms in total. The molecule has 2 N–H and O–H groups in total. The average Bonchev–Trinajstić information content (AvgIpc) is 2.91. The van der Waals surface area contributed by atoms with Crippen molar-refractivity contribution in [2.24, 2.45) is 5.73 Å². The van der Waals surface area contributed by atoms with Gasteiger partial charge in [-0.15, -0.1) is 0 Å². The van der Waals surface area contributed by atoms with E-state index >= 15 is 0 Å². The van der Waals surface area contributed by atoms with Crippen LogP contribution in [-0.4, -0.2) is 37.7 Å². The Labute approximate surface area is 120 Å². The normalized spacial score (nSPS) is 26.4. The van der Waals surface area contributed by atoms with Crippen molar-refractivity contribution < 1.29 is 9.47 Å². The number of hydrogen-bond acceptors (Lipinski definition) is 4. The molecule has 1 aliphatic carbocycles. The van der Waals surface area contributed by atoms with Gasteiger partial charge in [0, 0.05) is 25.2 Å². The maximum atomic E-state index is 6.05. The summed E-state index contributed by atoms with van der Waals surface area (Å²) >= 11 is 0. The van der Waals surface area contributed by atoms with Gasteiger partial charge in [-0.05, 0) is 48.9 Å². The summed E-state index contributed by atoms with van der Waals surface area (Å²) in [5.74, 6) is 1.67. The molecule has 2 atom stereocenters. The van der Waals surface area contributed by atoms with Crippen LogP contribution in [0, 0.1) is 0 Å². The Morgan fingerprint density at radius 2 is 1.80 bits per heavy atom. The molecular weight excluding hydrogens is 252 g/mol. The molecule has 1 fully saturated rings. The van der Waals surface area contributed by atoms with E-state index in [1.54, 1.807) is 14.2 Å². The highest BCUT2D eigenvalue weighted by Crippen LogP contribution is 2.35. The summed E-state index contributed by atoms with van der Waals surface area (Å²) in [5.41, 5.74) is 8.81. The molecule has 0 bridgehead atoms. The molecule has 0 amide bonds. The molecule has 1 aliphatic heterocycles. The third-order valence-corrected chi connectivity index (χ3v) is 4.71. The van der Waals surface area contributed by atoms with Crippen LogP contribution in [0.1, 0.15) is 30.4 Å². The van der Waals surface area contributed by atoms with Crippen LogP contribution >= 0.6 is 0 Å². The Balaban J connectivity index is 1.80. The SMILES string of the molecule is COc1cc2c(cc1OC)CN(C1CCC(N)C1)CC2. The first-order valence-electron chi connectivity index (χ1n) is 7.44. The summed E-state index contributed by atoms with van der Waals surface area (Å²) in [6.07, 6.45) is 4.63. The summed E-state index contributed by atoms with van der Waals surface area (Å²) < 4.78 is 10.8. The van der Waals surface area contributed by atoms with Gasteiger partial charge < -0.3 is 15.2 Å². The molecule has 1 saturated carbocycles. The number of fused-ring (bicyclic) bond motifs is 1. The molecule has 0 radical (unpaired) electrons. The van der Waals surface area contributed by atoms with E-state index in [1.807, 2.05) is 0 Å². The first kappa shape index (κ1) is 13.7. The van der Waals surface area contributed by atoms with Crippen molar-refractivity contribution in [3.63, 3.8) is 0 Å². The smallest absolute Gasteiger partial charge is 0.161 e. The van der Waals surface area contributed by atoms with Crippen LogP contribution < -0.4 is 15.2 Å². The lowest BCUT2D eigenvalue weighted by Gasteiger charge is -2.34. The largest absolute Gasteiger partial charge is 0.493 e. The number of hydrogen-bond donors (Lipinski definition) is 1. The summed E-state index contributed by atoms with van der Waals surface area (Å²) in [4.78, 5) is 2.58. The Morgan fingerprint density at radius 3 is 2.40 bits per heavy atom. The quantitative estimate of drug-likeness (QED) is 0.916. The standard InChI is InChI=1S/C16H24N2O2/c1-19-15-7-11-5-6-18(14-4-3-13(17)9-14)10-12(11)8-16(15)20-2/h7-8,13-14H,3-6,9-10,17H2,1-2H3. The number of rotatable bonds is 3. The Kier molecular flexibility index (Phi) is 3.85. The molecule has 110 valence electrons. The highest BCUT2D eigenvalue weighted by molar-refractivity contribution is 5.48. The Morgan fingerprint density at radius 1 is 1.10 bits per heavy atom. The van der Waals surface area contributed by atoms with Crippen LogP contribution in [-0.2, 0) is 13.0 Å². The van der Waals surface area contributed by atoms with Gasteiger partial charge in [0.15, 0.2) is 11.5 Å². The summed E-state index contributed by atoms with van der Waals surface area (Å²) in [7, 11) is 3.39. The number of nitrogens with two attached hydrogens (primary N) is 1. The van der Waals surface area contributed by atoms with Gasteiger partial charge in [0.2, 0.25) is 0 Å². The fourth-order valence-electron chi connectivity index (χ4n) is 3.54. The molecule has 20 heavy (non-hydrogen) atoms. The minimum absolute atomic E-state index is 0.395. The van der Waals surface area contributed by atoms with E-state index in [0.717, 1.165) is 37.4 Å². The van der Waals surface area contributed by atoms with E-state index in [2.05, 4.69) is 17.0 Å². The fraction of sp³-hybridized carbons (Fsp3) is 0.625. The summed E-state index contributed by atoms with van der Waals surface area (Å²) in [6.45, 7) is 2.13. The lowest BCUT2D eigenvalue weighted by Crippen LogP contribution is -2.38. The molecule has 1 aromatic carbocycles. The number of methoxy groups -OCH3 is 2. The lowest BCUT2D eigenvalue weighted by molar-refractivity contribution is 0.179. The van der Waals surface area contributed by atoms with Crippen LogP contribution in [0.15, 0.2) is 12.1 Å². The zero-order valence-corrected chi connectivity index (χ0v) is 12.4. The van der Waals surface area contributed by atoms with Gasteiger partial charge in [0.1, 0.15) is 0 Å². The highest BCUT2D eigenvalue weighted by atomic mass is 16.5. The lowest BCUT2D eigenvalue weighted by atomic mass is 9.97. The summed E-state index contributed by atoms with van der Waals surface area (Å²) in [6, 6.07) is 5.32. The highest BCUT2D eigenvalue weighted by Gasteiger charge is 2.30. The molecule has 1 aromatic rings. The minimum Gasteiger partial charge on any atom is -0.493 e. The van der Waals surface area contributed by atoms with Crippen LogP contribution in [0.5, 0.6) is 11.5 Å². The molecular formula is C16H24N2O2. The second kappa shape index (κ2) is 5.62. The molecule has 0 saturated heterocycles. The number of nitrogens with zero attached hydrogens (tertiary/aromatic N) is 1. The van der Waals surface area contributed by atoms with Gasteiger partial charge >= 0.3 is 0 Å². The van der Waals surface area contributed by atoms with E-state index in [4.69, 9.17) is 15.2 Å². The first-order valence-corrected chi connectivity index (χ1v) is 7.44. The first-order chi connectivity index (χ1) is 9.71. The Hall–Kier alpha value is -1.26. The van der Waals surface area contributed by atoms with Crippen molar-refractivity contribution in [2.75, 3.05) is 20.8 Å². The van der Waals surface area contributed by atoms with Gasteiger partial charge in [0.05, 0.1) is 14.2 Å². The predicted octanol–water partition coefficient (Wildman–Crippen LogP) is 1.94. The van der Waals surface area contributed by atoms with Gasteiger partial charge in [-0.25, -0.2) is 0 Å². The predicted molar refractivity (Wildman–Crippen MR) is 79.3 cm³/mol. The van der Waals surface area contributed by atoms with E-state index in [0.29, 0.717) is 12.1 Å². The van der Waals surface area contributed by atoms with Gasteiger partial charge in [0.25, 0.3) is 0 Å². The molecule has 0 aromatic heterocycles. The van der Waals surface area contributed by atoms with Crippen LogP contribution in [0.3, 0.4) is 0 Å². The second-order valence-corrected chi connectivity index (χ2v) is 5.92. The molecule has 3 rings (SSSR count). The number of ether oxygens (including phenoxy) is 2. The maximum Gasteiger partial charge on any atom is 0.161 e. The molecule has 2 aliphatic rings. The molecule has 0 spiro atoms. The van der Waals surface area contributed by atoms with Gasteiger partial charge in [-0.2, -0.15) is 0 Å².